The normalized spacial score (nSPS) is 19.1. The van der Waals surface area contributed by atoms with E-state index in [0.29, 0.717) is 25.2 Å². The molecular weight excluding hydrogens is 220 g/mol. The molecule has 5 nitrogen and oxygen atoms in total. The monoisotopic (exact) mass is 232 g/mol. The van der Waals surface area contributed by atoms with Crippen molar-refractivity contribution >= 4 is 17.7 Å². The average molecular weight is 232 g/mol. The molecule has 0 unspecified atom stereocenters. The Morgan fingerprint density at radius 3 is 1.82 bits per heavy atom. The number of carbonyl (C=O) groups is 3. The van der Waals surface area contributed by atoms with Crippen LogP contribution in [0.1, 0.15) is 6.42 Å². The van der Waals surface area contributed by atoms with Crippen LogP contribution in [0.15, 0.2) is 36.6 Å². The van der Waals surface area contributed by atoms with Gasteiger partial charge in [0.05, 0.1) is 0 Å². The van der Waals surface area contributed by atoms with Gasteiger partial charge in [-0.2, -0.15) is 0 Å². The van der Waals surface area contributed by atoms with Gasteiger partial charge in [0.25, 0.3) is 17.7 Å². The van der Waals surface area contributed by atoms with E-state index in [9.17, 15) is 14.4 Å². The highest BCUT2D eigenvalue weighted by atomic mass is 16.2. The first-order valence-corrected chi connectivity index (χ1v) is 5.31. The molecule has 0 radical (unpaired) electrons. The summed E-state index contributed by atoms with van der Waals surface area (Å²) in [4.78, 5) is 36.5. The Balaban J connectivity index is 1.81. The van der Waals surface area contributed by atoms with Gasteiger partial charge in [-0.15, -0.1) is 0 Å². The van der Waals surface area contributed by atoms with E-state index in [4.69, 9.17) is 0 Å². The minimum Gasteiger partial charge on any atom is -0.309 e. The molecule has 2 heterocycles. The number of nitrogens with zero attached hydrogens (tertiary/aromatic N) is 2. The van der Waals surface area contributed by atoms with E-state index >= 15 is 0 Å². The third-order valence-electron chi connectivity index (χ3n) is 2.70. The van der Waals surface area contributed by atoms with E-state index < -0.39 is 0 Å². The minimum atomic E-state index is -0.292. The molecule has 0 spiro atoms. The van der Waals surface area contributed by atoms with E-state index in [2.05, 4.69) is 6.58 Å². The van der Waals surface area contributed by atoms with Gasteiger partial charge in [-0.3, -0.25) is 19.3 Å². The van der Waals surface area contributed by atoms with Crippen molar-refractivity contribution < 1.29 is 14.4 Å². The highest BCUT2D eigenvalue weighted by Crippen LogP contribution is 2.13. The molecule has 0 aromatic heterocycles. The Labute approximate surface area is 98.7 Å². The lowest BCUT2D eigenvalue weighted by atomic mass is 10.3. The molecule has 0 bridgehead atoms. The molecule has 0 saturated carbocycles. The Morgan fingerprint density at radius 2 is 1.29 bits per heavy atom. The Morgan fingerprint density at radius 1 is 0.824 bits per heavy atom. The SMILES string of the molecule is C=C1C=CC(=O)N1CCCN1C(=O)C=CC1=O. The van der Waals surface area contributed by atoms with Gasteiger partial charge in [0.2, 0.25) is 0 Å². The second-order valence-corrected chi connectivity index (χ2v) is 3.83. The smallest absolute Gasteiger partial charge is 0.253 e. The summed E-state index contributed by atoms with van der Waals surface area (Å²) in [7, 11) is 0. The van der Waals surface area contributed by atoms with Crippen LogP contribution in [0.5, 0.6) is 0 Å². The van der Waals surface area contributed by atoms with Crippen molar-refractivity contribution in [1.29, 1.82) is 0 Å². The average Bonchev–Trinajstić information content (AvgIpc) is 2.77. The zero-order valence-electron chi connectivity index (χ0n) is 9.26. The second kappa shape index (κ2) is 4.37. The van der Waals surface area contributed by atoms with Crippen LogP contribution in [0.2, 0.25) is 0 Å². The Bertz CT molecular complexity index is 384. The molecule has 17 heavy (non-hydrogen) atoms. The third kappa shape index (κ3) is 2.18. The Hall–Kier alpha value is -2.17. The van der Waals surface area contributed by atoms with E-state index in [1.54, 1.807) is 6.08 Å². The highest BCUT2D eigenvalue weighted by molar-refractivity contribution is 6.12. The Kier molecular flexibility index (Phi) is 2.91. The van der Waals surface area contributed by atoms with Crippen molar-refractivity contribution in [3.8, 4) is 0 Å². The summed E-state index contributed by atoms with van der Waals surface area (Å²) in [5.41, 5.74) is 0.646. The molecule has 0 aromatic carbocycles. The van der Waals surface area contributed by atoms with Gasteiger partial charge >= 0.3 is 0 Å². The maximum Gasteiger partial charge on any atom is 0.253 e. The highest BCUT2D eigenvalue weighted by Gasteiger charge is 2.24. The van der Waals surface area contributed by atoms with Crippen molar-refractivity contribution in [3.63, 3.8) is 0 Å². The number of imide groups is 1. The summed E-state index contributed by atoms with van der Waals surface area (Å²) in [6.07, 6.45) is 6.16. The van der Waals surface area contributed by atoms with E-state index in [-0.39, 0.29) is 17.7 Å². The van der Waals surface area contributed by atoms with Crippen LogP contribution in [-0.4, -0.2) is 40.6 Å². The molecule has 2 rings (SSSR count). The lowest BCUT2D eigenvalue weighted by Crippen LogP contribution is -2.33. The quantitative estimate of drug-likeness (QED) is 0.651. The van der Waals surface area contributed by atoms with Crippen molar-refractivity contribution in [2.75, 3.05) is 13.1 Å². The van der Waals surface area contributed by atoms with E-state index in [0.717, 1.165) is 4.90 Å². The first-order chi connectivity index (χ1) is 8.09. The van der Waals surface area contributed by atoms with Gasteiger partial charge < -0.3 is 4.90 Å². The van der Waals surface area contributed by atoms with Gasteiger partial charge in [0.1, 0.15) is 0 Å². The summed E-state index contributed by atoms with van der Waals surface area (Å²) < 4.78 is 0. The maximum absolute atomic E-state index is 11.4. The van der Waals surface area contributed by atoms with Crippen LogP contribution in [0, 0.1) is 0 Å². The molecule has 88 valence electrons. The first-order valence-electron chi connectivity index (χ1n) is 5.31. The lowest BCUT2D eigenvalue weighted by Gasteiger charge is -2.19. The third-order valence-corrected chi connectivity index (χ3v) is 2.70. The maximum atomic E-state index is 11.4. The molecule has 0 saturated heterocycles. The summed E-state index contributed by atoms with van der Waals surface area (Å²) in [5, 5.41) is 0. The molecule has 0 N–H and O–H groups in total. The predicted octanol–water partition coefficient (Wildman–Crippen LogP) is 0.214. The molecule has 0 atom stereocenters. The predicted molar refractivity (Wildman–Crippen MR) is 60.5 cm³/mol. The van der Waals surface area contributed by atoms with E-state index in [1.807, 2.05) is 0 Å². The summed E-state index contributed by atoms with van der Waals surface area (Å²) in [6.45, 7) is 4.51. The lowest BCUT2D eigenvalue weighted by molar-refractivity contribution is -0.136. The van der Waals surface area contributed by atoms with Crippen molar-refractivity contribution in [3.05, 3.63) is 36.6 Å². The fourth-order valence-corrected chi connectivity index (χ4v) is 1.78. The van der Waals surface area contributed by atoms with Gasteiger partial charge in [-0.1, -0.05) is 6.58 Å². The number of hydrogen-bond donors (Lipinski definition) is 0. The summed E-state index contributed by atoms with van der Waals surface area (Å²) in [5.74, 6) is -0.688. The molecule has 0 fully saturated rings. The summed E-state index contributed by atoms with van der Waals surface area (Å²) >= 11 is 0. The van der Waals surface area contributed by atoms with Crippen LogP contribution < -0.4 is 0 Å². The van der Waals surface area contributed by atoms with Crippen LogP contribution >= 0.6 is 0 Å². The van der Waals surface area contributed by atoms with Crippen LogP contribution in [0.4, 0.5) is 0 Å². The number of rotatable bonds is 4. The fourth-order valence-electron chi connectivity index (χ4n) is 1.78. The molecule has 5 heteroatoms. The van der Waals surface area contributed by atoms with Crippen LogP contribution in [0.3, 0.4) is 0 Å². The topological polar surface area (TPSA) is 57.7 Å². The summed E-state index contributed by atoms with van der Waals surface area (Å²) in [6, 6.07) is 0. The number of carbonyl (C=O) groups excluding carboxylic acids is 3. The first kappa shape index (κ1) is 11.3. The minimum absolute atomic E-state index is 0.104. The number of hydrogen-bond acceptors (Lipinski definition) is 3. The largest absolute Gasteiger partial charge is 0.309 e. The van der Waals surface area contributed by atoms with Gasteiger partial charge in [-0.25, -0.2) is 0 Å². The zero-order chi connectivity index (χ0) is 12.4. The number of amides is 3. The molecule has 0 aromatic rings. The van der Waals surface area contributed by atoms with E-state index in [1.165, 1.54) is 23.1 Å². The molecule has 2 aliphatic rings. The molecule has 0 aliphatic carbocycles. The van der Waals surface area contributed by atoms with Crippen molar-refractivity contribution in [2.45, 2.75) is 6.42 Å². The molecular formula is C12H12N2O3. The van der Waals surface area contributed by atoms with Gasteiger partial charge in [0.15, 0.2) is 0 Å². The van der Waals surface area contributed by atoms with Crippen LogP contribution in [-0.2, 0) is 14.4 Å². The van der Waals surface area contributed by atoms with Crippen LogP contribution in [0.25, 0.3) is 0 Å². The zero-order valence-corrected chi connectivity index (χ0v) is 9.26. The van der Waals surface area contributed by atoms with Gasteiger partial charge in [-0.05, 0) is 12.5 Å². The molecule has 2 aliphatic heterocycles. The van der Waals surface area contributed by atoms with Crippen molar-refractivity contribution in [1.82, 2.24) is 9.80 Å². The second-order valence-electron chi connectivity index (χ2n) is 3.83. The van der Waals surface area contributed by atoms with Crippen molar-refractivity contribution in [2.24, 2.45) is 0 Å². The molecule has 3 amide bonds. The van der Waals surface area contributed by atoms with Gasteiger partial charge in [0, 0.05) is 37.0 Å². The number of allylic oxidation sites excluding steroid dienone is 1. The standard InChI is InChI=1S/C12H12N2O3/c1-9-3-4-10(15)13(9)7-2-8-14-11(16)5-6-12(14)17/h3-6H,1-2,7-8H2. The fraction of sp³-hybridized carbons (Fsp3) is 0.250.